The Kier molecular flexibility index (Phi) is 8.82. The predicted molar refractivity (Wildman–Crippen MR) is 171 cm³/mol. The fourth-order valence-corrected chi connectivity index (χ4v) is 8.07. The van der Waals surface area contributed by atoms with Crippen molar-refractivity contribution >= 4 is 49.4 Å². The number of carboxylic acid groups (broad SMARTS) is 1. The van der Waals surface area contributed by atoms with Crippen molar-refractivity contribution in [2.75, 3.05) is 20.3 Å². The van der Waals surface area contributed by atoms with E-state index < -0.39 is 11.9 Å². The SMILES string of the molecule is COCCN1C2=C(C(=O)CC(C)(C)C2)C(c2cc(Br)c(OCc3ccc(C(=O)O)cc3)c(Br)c2)C2=C1CC(C)(C)CC2=O. The predicted octanol–water partition coefficient (Wildman–Crippen LogP) is 7.82. The molecule has 0 bridgehead atoms. The number of allylic oxidation sites excluding steroid dienone is 4. The number of carboxylic acids is 1. The summed E-state index contributed by atoms with van der Waals surface area (Å²) in [6.45, 7) is 9.84. The first-order valence-electron chi connectivity index (χ1n) is 14.4. The van der Waals surface area contributed by atoms with Crippen LogP contribution in [0, 0.1) is 10.8 Å². The van der Waals surface area contributed by atoms with Crippen LogP contribution in [0.4, 0.5) is 0 Å². The molecule has 9 heteroatoms. The van der Waals surface area contributed by atoms with E-state index in [1.165, 1.54) is 0 Å². The van der Waals surface area contributed by atoms with Gasteiger partial charge in [0, 0.05) is 55.0 Å². The van der Waals surface area contributed by atoms with Crippen LogP contribution in [-0.4, -0.2) is 47.8 Å². The molecule has 0 saturated heterocycles. The van der Waals surface area contributed by atoms with E-state index >= 15 is 0 Å². The van der Waals surface area contributed by atoms with Crippen molar-refractivity contribution in [2.45, 2.75) is 65.9 Å². The number of hydrogen-bond donors (Lipinski definition) is 1. The highest BCUT2D eigenvalue weighted by molar-refractivity contribution is 9.11. The van der Waals surface area contributed by atoms with Gasteiger partial charge in [0.1, 0.15) is 12.4 Å². The van der Waals surface area contributed by atoms with Gasteiger partial charge in [-0.05, 0) is 90.9 Å². The molecule has 7 nitrogen and oxygen atoms in total. The molecule has 228 valence electrons. The Bertz CT molecular complexity index is 1480. The Hall–Kier alpha value is -2.75. The zero-order valence-corrected chi connectivity index (χ0v) is 28.4. The Morgan fingerprint density at radius 2 is 1.42 bits per heavy atom. The normalized spacial score (nSPS) is 19.8. The first kappa shape index (κ1) is 31.7. The number of nitrogens with zero attached hydrogens (tertiary/aromatic N) is 1. The van der Waals surface area contributed by atoms with Crippen LogP contribution in [0.1, 0.15) is 80.8 Å². The number of carbonyl (C=O) groups is 3. The maximum Gasteiger partial charge on any atom is 0.335 e. The summed E-state index contributed by atoms with van der Waals surface area (Å²) in [5, 5.41) is 9.17. The number of rotatable bonds is 8. The molecule has 0 aromatic heterocycles. The topological polar surface area (TPSA) is 93.1 Å². The van der Waals surface area contributed by atoms with Crippen LogP contribution in [0.5, 0.6) is 5.75 Å². The fourth-order valence-electron chi connectivity index (χ4n) is 6.62. The van der Waals surface area contributed by atoms with Crippen LogP contribution in [0.2, 0.25) is 0 Å². The van der Waals surface area contributed by atoms with Gasteiger partial charge in [-0.25, -0.2) is 4.79 Å². The van der Waals surface area contributed by atoms with Gasteiger partial charge in [0.25, 0.3) is 0 Å². The lowest BCUT2D eigenvalue weighted by Crippen LogP contribution is -2.45. The van der Waals surface area contributed by atoms with Gasteiger partial charge in [0.15, 0.2) is 11.6 Å². The van der Waals surface area contributed by atoms with E-state index in [1.54, 1.807) is 31.4 Å². The van der Waals surface area contributed by atoms with Crippen molar-refractivity contribution < 1.29 is 29.0 Å². The smallest absolute Gasteiger partial charge is 0.335 e. The number of halogens is 2. The molecule has 0 radical (unpaired) electrons. The van der Waals surface area contributed by atoms with Gasteiger partial charge in [0.2, 0.25) is 0 Å². The molecule has 0 saturated carbocycles. The number of aromatic carboxylic acids is 1. The van der Waals surface area contributed by atoms with Crippen molar-refractivity contribution in [3.05, 3.63) is 84.6 Å². The van der Waals surface area contributed by atoms with E-state index in [9.17, 15) is 19.5 Å². The zero-order valence-electron chi connectivity index (χ0n) is 25.2. The van der Waals surface area contributed by atoms with Crippen LogP contribution < -0.4 is 4.74 Å². The molecule has 1 heterocycles. The molecule has 0 fully saturated rings. The molecule has 43 heavy (non-hydrogen) atoms. The van der Waals surface area contributed by atoms with Crippen molar-refractivity contribution in [2.24, 2.45) is 10.8 Å². The molecule has 3 aliphatic rings. The van der Waals surface area contributed by atoms with Gasteiger partial charge in [-0.2, -0.15) is 0 Å². The minimum absolute atomic E-state index is 0.0835. The quantitative estimate of drug-likeness (QED) is 0.298. The third kappa shape index (κ3) is 6.40. The summed E-state index contributed by atoms with van der Waals surface area (Å²) < 4.78 is 13.0. The fraction of sp³-hybridized carbons (Fsp3) is 0.441. The highest BCUT2D eigenvalue weighted by Crippen LogP contribution is 2.55. The van der Waals surface area contributed by atoms with Gasteiger partial charge >= 0.3 is 5.97 Å². The molecular weight excluding hydrogens is 678 g/mol. The monoisotopic (exact) mass is 713 g/mol. The third-order valence-corrected chi connectivity index (χ3v) is 9.66. The average molecular weight is 715 g/mol. The lowest BCUT2D eigenvalue weighted by atomic mass is 9.63. The maximum atomic E-state index is 14.0. The van der Waals surface area contributed by atoms with Gasteiger partial charge in [-0.15, -0.1) is 0 Å². The van der Waals surface area contributed by atoms with E-state index in [4.69, 9.17) is 9.47 Å². The number of hydrogen-bond acceptors (Lipinski definition) is 6. The number of ketones is 2. The summed E-state index contributed by atoms with van der Waals surface area (Å²) in [5.41, 5.74) is 4.94. The summed E-state index contributed by atoms with van der Waals surface area (Å²) >= 11 is 7.39. The van der Waals surface area contributed by atoms with E-state index in [2.05, 4.69) is 64.5 Å². The van der Waals surface area contributed by atoms with E-state index in [1.807, 2.05) is 12.1 Å². The number of ether oxygens (including phenoxy) is 2. The third-order valence-electron chi connectivity index (χ3n) is 8.48. The summed E-state index contributed by atoms with van der Waals surface area (Å²) in [5.74, 6) is -0.699. The molecule has 0 unspecified atom stereocenters. The van der Waals surface area contributed by atoms with Crippen molar-refractivity contribution in [1.82, 2.24) is 4.90 Å². The largest absolute Gasteiger partial charge is 0.487 e. The van der Waals surface area contributed by atoms with Crippen molar-refractivity contribution in [3.8, 4) is 5.75 Å². The number of methoxy groups -OCH3 is 1. The maximum absolute atomic E-state index is 14.0. The average Bonchev–Trinajstić information content (AvgIpc) is 2.90. The van der Waals surface area contributed by atoms with Crippen LogP contribution >= 0.6 is 31.9 Å². The molecule has 0 spiro atoms. The first-order valence-corrected chi connectivity index (χ1v) is 16.0. The van der Waals surface area contributed by atoms with Crippen LogP contribution in [-0.2, 0) is 20.9 Å². The molecule has 2 aromatic rings. The minimum atomic E-state index is -0.977. The van der Waals surface area contributed by atoms with Gasteiger partial charge in [-0.3, -0.25) is 9.59 Å². The lowest BCUT2D eigenvalue weighted by molar-refractivity contribution is -0.119. The van der Waals surface area contributed by atoms with Gasteiger partial charge < -0.3 is 19.5 Å². The van der Waals surface area contributed by atoms with E-state index in [0.717, 1.165) is 35.4 Å². The van der Waals surface area contributed by atoms with Crippen molar-refractivity contribution in [1.29, 1.82) is 0 Å². The molecule has 0 amide bonds. The van der Waals surface area contributed by atoms with Gasteiger partial charge in [-0.1, -0.05) is 39.8 Å². The molecule has 1 aliphatic heterocycles. The summed E-state index contributed by atoms with van der Waals surface area (Å²) in [7, 11) is 1.67. The summed E-state index contributed by atoms with van der Waals surface area (Å²) in [4.78, 5) is 41.4. The molecule has 2 aliphatic carbocycles. The summed E-state index contributed by atoms with van der Waals surface area (Å²) in [6, 6.07) is 10.5. The Labute approximate surface area is 269 Å². The molecular formula is C34H37Br2NO6. The standard InChI is InChI=1S/C34H37Br2NO6/c1-33(2)14-24-29(26(38)16-33)28(30-25(37(24)10-11-42-5)15-34(3,4)17-27(30)39)21-12-22(35)31(23(36)13-21)43-18-19-6-8-20(9-7-19)32(40)41/h6-9,12-13,28H,10-11,14-18H2,1-5H3,(H,40,41). The van der Waals surface area contributed by atoms with E-state index in [0.29, 0.717) is 51.8 Å². The zero-order chi connectivity index (χ0) is 31.3. The molecule has 0 atom stereocenters. The van der Waals surface area contributed by atoms with Crippen LogP contribution in [0.3, 0.4) is 0 Å². The minimum Gasteiger partial charge on any atom is -0.487 e. The van der Waals surface area contributed by atoms with E-state index in [-0.39, 0.29) is 34.6 Å². The number of carbonyl (C=O) groups excluding carboxylic acids is 2. The highest BCUT2D eigenvalue weighted by atomic mass is 79.9. The van der Waals surface area contributed by atoms with Crippen molar-refractivity contribution in [3.63, 3.8) is 0 Å². The van der Waals surface area contributed by atoms with Gasteiger partial charge in [0.05, 0.1) is 21.1 Å². The first-order chi connectivity index (χ1) is 20.2. The summed E-state index contributed by atoms with van der Waals surface area (Å²) in [6.07, 6.45) is 2.33. The molecule has 2 aromatic carbocycles. The highest BCUT2D eigenvalue weighted by Gasteiger charge is 2.49. The number of Topliss-reactive ketones (excluding diaryl/α,β-unsaturated/α-hetero) is 2. The second-order valence-corrected chi connectivity index (χ2v) is 15.0. The molecule has 1 N–H and O–H groups in total. The second kappa shape index (κ2) is 12.0. The Morgan fingerprint density at radius 3 is 1.88 bits per heavy atom. The Morgan fingerprint density at radius 1 is 0.907 bits per heavy atom. The lowest BCUT2D eigenvalue weighted by Gasteiger charge is -2.49. The second-order valence-electron chi connectivity index (χ2n) is 13.3. The number of benzene rings is 2. The molecule has 5 rings (SSSR count). The van der Waals surface area contributed by atoms with Crippen LogP contribution in [0.15, 0.2) is 67.9 Å². The van der Waals surface area contributed by atoms with Crippen LogP contribution in [0.25, 0.3) is 0 Å². The Balaban J connectivity index is 1.58.